The Balaban J connectivity index is 1.98. The molecular formula is C18H28N2O. The normalized spacial score (nSPS) is 18.0. The molecule has 1 saturated heterocycles. The fraction of sp³-hybridized carbons (Fsp3) is 0.611. The summed E-state index contributed by atoms with van der Waals surface area (Å²) in [5.74, 6) is 0.258. The van der Waals surface area contributed by atoms with E-state index in [1.54, 1.807) is 0 Å². The summed E-state index contributed by atoms with van der Waals surface area (Å²) in [6.45, 7) is 9.17. The Hall–Kier alpha value is -1.35. The minimum absolute atomic E-state index is 0.258. The summed E-state index contributed by atoms with van der Waals surface area (Å²) in [5.41, 5.74) is 3.68. The van der Waals surface area contributed by atoms with Gasteiger partial charge in [-0.1, -0.05) is 25.1 Å². The van der Waals surface area contributed by atoms with Crippen LogP contribution in [0, 0.1) is 13.8 Å². The van der Waals surface area contributed by atoms with E-state index in [9.17, 15) is 4.79 Å². The number of carbonyl (C=O) groups is 1. The van der Waals surface area contributed by atoms with Gasteiger partial charge >= 0.3 is 0 Å². The lowest BCUT2D eigenvalue weighted by molar-refractivity contribution is -0.130. The highest BCUT2D eigenvalue weighted by Gasteiger charge is 2.21. The van der Waals surface area contributed by atoms with Crippen LogP contribution in [0.4, 0.5) is 0 Å². The molecule has 0 bridgehead atoms. The molecule has 1 heterocycles. The molecule has 1 amide bonds. The zero-order valence-corrected chi connectivity index (χ0v) is 13.6. The number of benzene rings is 1. The summed E-state index contributed by atoms with van der Waals surface area (Å²) in [6.07, 6.45) is 3.96. The average Bonchev–Trinajstić information content (AvgIpc) is 2.95. The molecule has 1 atom stereocenters. The fourth-order valence-corrected chi connectivity index (χ4v) is 2.97. The van der Waals surface area contributed by atoms with E-state index in [1.807, 2.05) is 4.90 Å². The second kappa shape index (κ2) is 7.60. The van der Waals surface area contributed by atoms with Gasteiger partial charge in [-0.3, -0.25) is 4.79 Å². The van der Waals surface area contributed by atoms with Gasteiger partial charge in [0, 0.05) is 19.1 Å². The summed E-state index contributed by atoms with van der Waals surface area (Å²) in [4.78, 5) is 14.6. The van der Waals surface area contributed by atoms with Crippen molar-refractivity contribution in [1.82, 2.24) is 10.2 Å². The maximum atomic E-state index is 12.6. The van der Waals surface area contributed by atoms with Crippen LogP contribution in [-0.2, 0) is 11.2 Å². The van der Waals surface area contributed by atoms with Crippen molar-refractivity contribution in [2.45, 2.75) is 52.5 Å². The van der Waals surface area contributed by atoms with Crippen LogP contribution in [0.3, 0.4) is 0 Å². The van der Waals surface area contributed by atoms with Crippen molar-refractivity contribution in [1.29, 1.82) is 0 Å². The molecule has 0 radical (unpaired) electrons. The predicted octanol–water partition coefficient (Wildman–Crippen LogP) is 2.84. The maximum Gasteiger partial charge on any atom is 0.227 e. The van der Waals surface area contributed by atoms with Crippen LogP contribution < -0.4 is 5.32 Å². The Bertz CT molecular complexity index is 478. The van der Waals surface area contributed by atoms with E-state index in [0.29, 0.717) is 12.5 Å². The van der Waals surface area contributed by atoms with Crippen LogP contribution in [0.2, 0.25) is 0 Å². The van der Waals surface area contributed by atoms with E-state index in [1.165, 1.54) is 24.0 Å². The average molecular weight is 288 g/mol. The summed E-state index contributed by atoms with van der Waals surface area (Å²) in [6, 6.07) is 6.82. The third kappa shape index (κ3) is 4.57. The van der Waals surface area contributed by atoms with E-state index < -0.39 is 0 Å². The summed E-state index contributed by atoms with van der Waals surface area (Å²) >= 11 is 0. The highest BCUT2D eigenvalue weighted by Crippen LogP contribution is 2.13. The van der Waals surface area contributed by atoms with Gasteiger partial charge in [-0.05, 0) is 56.3 Å². The molecule has 0 saturated carbocycles. The topological polar surface area (TPSA) is 32.3 Å². The van der Waals surface area contributed by atoms with Crippen molar-refractivity contribution < 1.29 is 4.79 Å². The third-order valence-electron chi connectivity index (χ3n) is 4.38. The molecule has 1 aromatic rings. The van der Waals surface area contributed by atoms with Crippen molar-refractivity contribution in [3.05, 3.63) is 34.9 Å². The van der Waals surface area contributed by atoms with Gasteiger partial charge in [0.2, 0.25) is 5.91 Å². The monoisotopic (exact) mass is 288 g/mol. The summed E-state index contributed by atoms with van der Waals surface area (Å²) < 4.78 is 0. The van der Waals surface area contributed by atoms with Crippen LogP contribution in [0.15, 0.2) is 18.2 Å². The van der Waals surface area contributed by atoms with Crippen molar-refractivity contribution >= 4 is 5.91 Å². The summed E-state index contributed by atoms with van der Waals surface area (Å²) in [7, 11) is 0. The maximum absolute atomic E-state index is 12.6. The van der Waals surface area contributed by atoms with Gasteiger partial charge in [-0.2, -0.15) is 0 Å². The lowest BCUT2D eigenvalue weighted by Crippen LogP contribution is -2.42. The molecule has 3 nitrogen and oxygen atoms in total. The Labute approximate surface area is 128 Å². The first-order valence-electron chi connectivity index (χ1n) is 8.17. The van der Waals surface area contributed by atoms with Crippen molar-refractivity contribution in [3.63, 3.8) is 0 Å². The third-order valence-corrected chi connectivity index (χ3v) is 4.38. The minimum Gasteiger partial charge on any atom is -0.341 e. The van der Waals surface area contributed by atoms with E-state index >= 15 is 0 Å². The zero-order chi connectivity index (χ0) is 15.2. The number of nitrogens with one attached hydrogen (secondary N) is 1. The van der Waals surface area contributed by atoms with E-state index in [4.69, 9.17) is 0 Å². The Morgan fingerprint density at radius 1 is 1.33 bits per heavy atom. The van der Waals surface area contributed by atoms with Crippen LogP contribution >= 0.6 is 0 Å². The molecule has 21 heavy (non-hydrogen) atoms. The smallest absolute Gasteiger partial charge is 0.227 e. The Morgan fingerprint density at radius 3 is 2.76 bits per heavy atom. The lowest BCUT2D eigenvalue weighted by Gasteiger charge is -2.25. The van der Waals surface area contributed by atoms with Gasteiger partial charge in [0.1, 0.15) is 0 Å². The molecule has 1 fully saturated rings. The van der Waals surface area contributed by atoms with E-state index in [-0.39, 0.29) is 5.91 Å². The summed E-state index contributed by atoms with van der Waals surface area (Å²) in [5, 5.41) is 3.49. The SMILES string of the molecule is CCCN(CC1CCCN1)C(=O)Cc1ccc(C)c(C)c1. The highest BCUT2D eigenvalue weighted by molar-refractivity contribution is 5.79. The van der Waals surface area contributed by atoms with Crippen LogP contribution in [-0.4, -0.2) is 36.5 Å². The first-order chi connectivity index (χ1) is 10.1. The number of hydrogen-bond acceptors (Lipinski definition) is 2. The Kier molecular flexibility index (Phi) is 5.80. The molecule has 1 aliphatic heterocycles. The predicted molar refractivity (Wildman–Crippen MR) is 87.5 cm³/mol. The molecule has 0 aromatic heterocycles. The quantitative estimate of drug-likeness (QED) is 0.873. The Morgan fingerprint density at radius 2 is 2.14 bits per heavy atom. The van der Waals surface area contributed by atoms with E-state index in [2.05, 4.69) is 44.3 Å². The number of aryl methyl sites for hydroxylation is 2. The number of amides is 1. The fourth-order valence-electron chi connectivity index (χ4n) is 2.97. The van der Waals surface area contributed by atoms with Gasteiger partial charge < -0.3 is 10.2 Å². The van der Waals surface area contributed by atoms with Crippen molar-refractivity contribution in [2.24, 2.45) is 0 Å². The van der Waals surface area contributed by atoms with Gasteiger partial charge in [0.05, 0.1) is 6.42 Å². The van der Waals surface area contributed by atoms with Crippen LogP contribution in [0.25, 0.3) is 0 Å². The first-order valence-corrected chi connectivity index (χ1v) is 8.17. The van der Waals surface area contributed by atoms with Gasteiger partial charge in [-0.25, -0.2) is 0 Å². The molecule has 1 aliphatic rings. The molecule has 1 unspecified atom stereocenters. The second-order valence-corrected chi connectivity index (χ2v) is 6.23. The lowest BCUT2D eigenvalue weighted by atomic mass is 10.0. The first kappa shape index (κ1) is 16.0. The molecule has 116 valence electrons. The molecule has 2 rings (SSSR count). The minimum atomic E-state index is 0.258. The molecule has 3 heteroatoms. The molecular weight excluding hydrogens is 260 g/mol. The second-order valence-electron chi connectivity index (χ2n) is 6.23. The molecule has 0 spiro atoms. The van der Waals surface area contributed by atoms with Gasteiger partial charge in [0.15, 0.2) is 0 Å². The van der Waals surface area contributed by atoms with Crippen molar-refractivity contribution in [3.8, 4) is 0 Å². The number of carbonyl (C=O) groups excluding carboxylic acids is 1. The van der Waals surface area contributed by atoms with Gasteiger partial charge in [-0.15, -0.1) is 0 Å². The molecule has 0 aliphatic carbocycles. The van der Waals surface area contributed by atoms with Gasteiger partial charge in [0.25, 0.3) is 0 Å². The molecule has 1 N–H and O–H groups in total. The highest BCUT2D eigenvalue weighted by atomic mass is 16.2. The van der Waals surface area contributed by atoms with Crippen molar-refractivity contribution in [2.75, 3.05) is 19.6 Å². The van der Waals surface area contributed by atoms with Crippen LogP contribution in [0.5, 0.6) is 0 Å². The molecule has 1 aromatic carbocycles. The zero-order valence-electron chi connectivity index (χ0n) is 13.6. The number of nitrogens with zero attached hydrogens (tertiary/aromatic N) is 1. The number of rotatable bonds is 6. The standard InChI is InChI=1S/C18H28N2O/c1-4-10-20(13-17-6-5-9-19-17)18(21)12-16-8-7-14(2)15(3)11-16/h7-8,11,17,19H,4-6,9-10,12-13H2,1-3H3. The van der Waals surface area contributed by atoms with E-state index in [0.717, 1.165) is 31.6 Å². The van der Waals surface area contributed by atoms with Crippen LogP contribution in [0.1, 0.15) is 42.9 Å². The number of hydrogen-bond donors (Lipinski definition) is 1. The largest absolute Gasteiger partial charge is 0.341 e.